The standard InChI is InChI=1S/C17H23ClN4O2/c1-24-16-11(8-12(18)14-15(16)20-5-4-19-14)17(23)21-13-9-22-6-2-10(13)3-7-22/h8,10,13,19-20H,2-7,9H2,1H3,(H,21,23). The SMILES string of the molecule is COc1c(C(=O)NC2CN3CCC2CC3)cc(Cl)c2c1NCCN2. The van der Waals surface area contributed by atoms with Gasteiger partial charge in [-0.05, 0) is 37.9 Å². The van der Waals surface area contributed by atoms with Gasteiger partial charge in [0.15, 0.2) is 5.75 Å². The van der Waals surface area contributed by atoms with Gasteiger partial charge in [0.05, 0.1) is 23.4 Å². The first-order chi connectivity index (χ1) is 11.7. The van der Waals surface area contributed by atoms with E-state index in [0.717, 1.165) is 44.1 Å². The number of carbonyl (C=O) groups excluding carboxylic acids is 1. The monoisotopic (exact) mass is 350 g/mol. The van der Waals surface area contributed by atoms with Crippen molar-refractivity contribution in [1.82, 2.24) is 10.2 Å². The van der Waals surface area contributed by atoms with E-state index in [2.05, 4.69) is 20.9 Å². The maximum Gasteiger partial charge on any atom is 0.255 e. The fraction of sp³-hybridized carbons (Fsp3) is 0.588. The van der Waals surface area contributed by atoms with Crippen LogP contribution in [-0.4, -0.2) is 56.7 Å². The third-order valence-corrected chi connectivity index (χ3v) is 5.68. The van der Waals surface area contributed by atoms with E-state index >= 15 is 0 Å². The Morgan fingerprint density at radius 3 is 2.62 bits per heavy atom. The van der Waals surface area contributed by atoms with E-state index in [1.165, 1.54) is 12.8 Å². The molecule has 1 amide bonds. The van der Waals surface area contributed by atoms with Crippen molar-refractivity contribution >= 4 is 28.9 Å². The minimum absolute atomic E-state index is 0.109. The van der Waals surface area contributed by atoms with E-state index in [1.54, 1.807) is 13.2 Å². The summed E-state index contributed by atoms with van der Waals surface area (Å²) in [5.41, 5.74) is 2.07. The fourth-order valence-electron chi connectivity index (χ4n) is 4.10. The van der Waals surface area contributed by atoms with Crippen LogP contribution in [0.25, 0.3) is 0 Å². The predicted molar refractivity (Wildman–Crippen MR) is 95.4 cm³/mol. The number of anilines is 2. The Morgan fingerprint density at radius 1 is 1.29 bits per heavy atom. The Hall–Kier alpha value is -1.66. The molecule has 2 bridgehead atoms. The highest BCUT2D eigenvalue weighted by Gasteiger charge is 2.35. The number of hydrogen-bond acceptors (Lipinski definition) is 5. The van der Waals surface area contributed by atoms with Crippen LogP contribution in [0.5, 0.6) is 5.75 Å². The van der Waals surface area contributed by atoms with E-state index in [9.17, 15) is 4.79 Å². The minimum Gasteiger partial charge on any atom is -0.494 e. The molecule has 130 valence electrons. The van der Waals surface area contributed by atoms with Gasteiger partial charge in [-0.25, -0.2) is 0 Å². The molecule has 1 aromatic rings. The largest absolute Gasteiger partial charge is 0.494 e. The van der Waals surface area contributed by atoms with Gasteiger partial charge < -0.3 is 25.6 Å². The first kappa shape index (κ1) is 15.8. The molecule has 0 spiro atoms. The molecule has 5 rings (SSSR count). The lowest BCUT2D eigenvalue weighted by Gasteiger charge is -2.45. The summed E-state index contributed by atoms with van der Waals surface area (Å²) in [5.74, 6) is 1.03. The summed E-state index contributed by atoms with van der Waals surface area (Å²) in [7, 11) is 1.59. The highest BCUT2D eigenvalue weighted by molar-refractivity contribution is 6.34. The van der Waals surface area contributed by atoms with Gasteiger partial charge in [0, 0.05) is 25.7 Å². The zero-order valence-electron chi connectivity index (χ0n) is 13.8. The Labute approximate surface area is 146 Å². The van der Waals surface area contributed by atoms with Crippen LogP contribution in [0.15, 0.2) is 6.07 Å². The summed E-state index contributed by atoms with van der Waals surface area (Å²) in [5, 5.41) is 10.3. The fourth-order valence-corrected chi connectivity index (χ4v) is 4.37. The average Bonchev–Trinajstić information content (AvgIpc) is 2.62. The predicted octanol–water partition coefficient (Wildman–Crippen LogP) is 2.01. The third kappa shape index (κ3) is 2.67. The molecule has 1 unspecified atom stereocenters. The van der Waals surface area contributed by atoms with Crippen LogP contribution in [0, 0.1) is 5.92 Å². The molecule has 3 fully saturated rings. The molecular formula is C17H23ClN4O2. The second-order valence-electron chi connectivity index (χ2n) is 6.76. The number of ether oxygens (including phenoxy) is 1. The Bertz CT molecular complexity index is 658. The van der Waals surface area contributed by atoms with E-state index in [0.29, 0.717) is 22.3 Å². The molecule has 0 radical (unpaired) electrons. The summed E-state index contributed by atoms with van der Waals surface area (Å²) < 4.78 is 5.54. The summed E-state index contributed by atoms with van der Waals surface area (Å²) in [6, 6.07) is 1.92. The third-order valence-electron chi connectivity index (χ3n) is 5.38. The number of nitrogens with zero attached hydrogens (tertiary/aromatic N) is 1. The summed E-state index contributed by atoms with van der Waals surface area (Å²) in [6.07, 6.45) is 2.33. The molecule has 1 atom stereocenters. The molecule has 4 aliphatic heterocycles. The molecule has 4 heterocycles. The maximum atomic E-state index is 12.9. The maximum absolute atomic E-state index is 12.9. The second kappa shape index (κ2) is 6.33. The minimum atomic E-state index is -0.109. The number of benzene rings is 1. The van der Waals surface area contributed by atoms with Crippen LogP contribution >= 0.6 is 11.6 Å². The molecule has 0 aromatic heterocycles. The van der Waals surface area contributed by atoms with Gasteiger partial charge in [-0.1, -0.05) is 11.6 Å². The molecule has 7 heteroatoms. The molecule has 0 aliphatic carbocycles. The van der Waals surface area contributed by atoms with Crippen LogP contribution in [0.4, 0.5) is 11.4 Å². The Balaban J connectivity index is 1.61. The molecule has 3 N–H and O–H groups in total. The van der Waals surface area contributed by atoms with Gasteiger partial charge in [-0.2, -0.15) is 0 Å². The van der Waals surface area contributed by atoms with Gasteiger partial charge in [0.1, 0.15) is 5.69 Å². The molecular weight excluding hydrogens is 328 g/mol. The first-order valence-corrected chi connectivity index (χ1v) is 8.96. The Morgan fingerprint density at radius 2 is 2.00 bits per heavy atom. The molecule has 0 saturated carbocycles. The second-order valence-corrected chi connectivity index (χ2v) is 7.17. The molecule has 3 saturated heterocycles. The number of rotatable bonds is 3. The lowest BCUT2D eigenvalue weighted by Crippen LogP contribution is -2.57. The summed E-state index contributed by atoms with van der Waals surface area (Å²) in [4.78, 5) is 15.3. The molecule has 1 aromatic carbocycles. The highest BCUT2D eigenvalue weighted by atomic mass is 35.5. The van der Waals surface area contributed by atoms with E-state index in [-0.39, 0.29) is 11.9 Å². The number of nitrogens with one attached hydrogen (secondary N) is 3. The number of amides is 1. The first-order valence-electron chi connectivity index (χ1n) is 8.59. The van der Waals surface area contributed by atoms with E-state index in [1.807, 2.05) is 0 Å². The van der Waals surface area contributed by atoms with Crippen molar-refractivity contribution in [2.45, 2.75) is 18.9 Å². The van der Waals surface area contributed by atoms with Crippen LogP contribution in [0.3, 0.4) is 0 Å². The van der Waals surface area contributed by atoms with E-state index < -0.39 is 0 Å². The number of hydrogen-bond donors (Lipinski definition) is 3. The number of halogens is 1. The van der Waals surface area contributed by atoms with Gasteiger partial charge in [0.25, 0.3) is 5.91 Å². The van der Waals surface area contributed by atoms with Crippen molar-refractivity contribution in [3.05, 3.63) is 16.7 Å². The van der Waals surface area contributed by atoms with Crippen molar-refractivity contribution in [3.8, 4) is 5.75 Å². The van der Waals surface area contributed by atoms with Crippen molar-refractivity contribution in [1.29, 1.82) is 0 Å². The molecule has 24 heavy (non-hydrogen) atoms. The number of fused-ring (bicyclic) bond motifs is 4. The quantitative estimate of drug-likeness (QED) is 0.778. The van der Waals surface area contributed by atoms with Crippen LogP contribution in [0.1, 0.15) is 23.2 Å². The zero-order chi connectivity index (χ0) is 16.7. The lowest BCUT2D eigenvalue weighted by atomic mass is 9.84. The number of piperidine rings is 3. The van der Waals surface area contributed by atoms with E-state index in [4.69, 9.17) is 16.3 Å². The van der Waals surface area contributed by atoms with Gasteiger partial charge in [0.2, 0.25) is 0 Å². The van der Waals surface area contributed by atoms with Crippen molar-refractivity contribution in [2.24, 2.45) is 5.92 Å². The van der Waals surface area contributed by atoms with Gasteiger partial charge >= 0.3 is 0 Å². The highest BCUT2D eigenvalue weighted by Crippen LogP contribution is 2.42. The van der Waals surface area contributed by atoms with Crippen LogP contribution in [-0.2, 0) is 0 Å². The summed E-state index contributed by atoms with van der Waals surface area (Å²) in [6.45, 7) is 4.81. The summed E-state index contributed by atoms with van der Waals surface area (Å²) >= 11 is 6.38. The normalized spacial score (nSPS) is 27.7. The van der Waals surface area contributed by atoms with Gasteiger partial charge in [-0.3, -0.25) is 4.79 Å². The van der Waals surface area contributed by atoms with Crippen molar-refractivity contribution in [2.75, 3.05) is 50.5 Å². The van der Waals surface area contributed by atoms with Crippen molar-refractivity contribution < 1.29 is 9.53 Å². The number of carbonyl (C=O) groups is 1. The Kier molecular flexibility index (Phi) is 4.18. The van der Waals surface area contributed by atoms with Gasteiger partial charge in [-0.15, -0.1) is 0 Å². The topological polar surface area (TPSA) is 65.6 Å². The van der Waals surface area contributed by atoms with Crippen molar-refractivity contribution in [3.63, 3.8) is 0 Å². The van der Waals surface area contributed by atoms with Crippen LogP contribution < -0.4 is 20.7 Å². The molecule has 4 aliphatic rings. The zero-order valence-corrected chi connectivity index (χ0v) is 14.6. The van der Waals surface area contributed by atoms with Crippen LogP contribution in [0.2, 0.25) is 5.02 Å². The molecule has 6 nitrogen and oxygen atoms in total. The average molecular weight is 351 g/mol. The number of methoxy groups -OCH3 is 1. The smallest absolute Gasteiger partial charge is 0.255 e. The lowest BCUT2D eigenvalue weighted by molar-refractivity contribution is 0.0619.